The monoisotopic (exact) mass is 286 g/mol. The highest BCUT2D eigenvalue weighted by Gasteiger charge is 2.37. The van der Waals surface area contributed by atoms with Crippen molar-refractivity contribution in [1.29, 1.82) is 0 Å². The van der Waals surface area contributed by atoms with Crippen molar-refractivity contribution in [3.63, 3.8) is 0 Å². The summed E-state index contributed by atoms with van der Waals surface area (Å²) in [6.07, 6.45) is -7.02. The van der Waals surface area contributed by atoms with Crippen LogP contribution < -0.4 is 5.32 Å². The van der Waals surface area contributed by atoms with E-state index in [2.05, 4.69) is 20.7 Å². The zero-order valence-electron chi connectivity index (χ0n) is 10.4. The Hall–Kier alpha value is -1.93. The Bertz CT molecular complexity index is 541. The third-order valence-corrected chi connectivity index (χ3v) is 2.68. The highest BCUT2D eigenvalue weighted by molar-refractivity contribution is 5.60. The van der Waals surface area contributed by atoms with Crippen LogP contribution in [0.15, 0.2) is 30.3 Å². The summed E-state index contributed by atoms with van der Waals surface area (Å²) in [5, 5.41) is 21.7. The van der Waals surface area contributed by atoms with Gasteiger partial charge >= 0.3 is 6.18 Å². The van der Waals surface area contributed by atoms with Gasteiger partial charge in [0.15, 0.2) is 6.10 Å². The van der Waals surface area contributed by atoms with Gasteiger partial charge in [-0.15, -0.1) is 0 Å². The second-order valence-corrected chi connectivity index (χ2v) is 4.17. The molecule has 0 radical (unpaired) electrons. The molecule has 1 atom stereocenters. The number of aliphatic hydroxyl groups excluding tert-OH is 1. The molecule has 0 bridgehead atoms. The van der Waals surface area contributed by atoms with Crippen molar-refractivity contribution in [3.8, 4) is 11.3 Å². The van der Waals surface area contributed by atoms with Crippen molar-refractivity contribution in [3.05, 3.63) is 36.0 Å². The summed E-state index contributed by atoms with van der Waals surface area (Å²) in [5.74, 6) is 0. The molecule has 0 aliphatic heterocycles. The Morgan fingerprint density at radius 1 is 1.20 bits per heavy atom. The van der Waals surface area contributed by atoms with Crippen LogP contribution in [0.5, 0.6) is 0 Å². The van der Waals surface area contributed by atoms with Gasteiger partial charge in [-0.1, -0.05) is 30.3 Å². The zero-order valence-corrected chi connectivity index (χ0v) is 10.4. The molecule has 0 fully saturated rings. The zero-order chi connectivity index (χ0) is 14.6. The summed E-state index contributed by atoms with van der Waals surface area (Å²) < 4.78 is 36.4. The number of aliphatic hydroxyl groups is 1. The van der Waals surface area contributed by atoms with Gasteiger partial charge in [0.1, 0.15) is 11.4 Å². The van der Waals surface area contributed by atoms with E-state index in [1.54, 1.807) is 0 Å². The number of aromatic nitrogens is 3. The van der Waals surface area contributed by atoms with Crippen LogP contribution in [-0.2, 0) is 6.54 Å². The molecular formula is C12H13F3N4O. The number of rotatable bonds is 5. The third kappa shape index (κ3) is 3.55. The number of nitrogens with zero attached hydrogens (tertiary/aromatic N) is 2. The second kappa shape index (κ2) is 6.02. The molecule has 2 aromatic rings. The Balaban J connectivity index is 1.97. The highest BCUT2D eigenvalue weighted by Crippen LogP contribution is 2.20. The van der Waals surface area contributed by atoms with Gasteiger partial charge in [-0.2, -0.15) is 28.6 Å². The van der Waals surface area contributed by atoms with E-state index in [-0.39, 0.29) is 6.54 Å². The summed E-state index contributed by atoms with van der Waals surface area (Å²) in [4.78, 5) is 0. The molecule has 2 rings (SSSR count). The van der Waals surface area contributed by atoms with Gasteiger partial charge in [0, 0.05) is 18.7 Å². The molecule has 8 heteroatoms. The van der Waals surface area contributed by atoms with Gasteiger partial charge in [-0.3, -0.25) is 0 Å². The van der Waals surface area contributed by atoms with Crippen LogP contribution in [0.3, 0.4) is 0 Å². The first-order chi connectivity index (χ1) is 9.48. The van der Waals surface area contributed by atoms with E-state index in [1.807, 2.05) is 30.3 Å². The van der Waals surface area contributed by atoms with Crippen molar-refractivity contribution < 1.29 is 18.3 Å². The van der Waals surface area contributed by atoms with Crippen LogP contribution in [-0.4, -0.2) is 39.3 Å². The number of aromatic amines is 1. The van der Waals surface area contributed by atoms with Crippen LogP contribution >= 0.6 is 0 Å². The Labute approximate surface area is 112 Å². The summed E-state index contributed by atoms with van der Waals surface area (Å²) in [6, 6.07) is 9.16. The van der Waals surface area contributed by atoms with Gasteiger partial charge in [-0.25, -0.2) is 0 Å². The maximum atomic E-state index is 12.1. The fourth-order valence-corrected chi connectivity index (χ4v) is 1.65. The SMILES string of the molecule is OC(CNCc1n[nH]nc1-c1ccccc1)C(F)(F)F. The van der Waals surface area contributed by atoms with Crippen LogP contribution in [0.1, 0.15) is 5.69 Å². The highest BCUT2D eigenvalue weighted by atomic mass is 19.4. The molecule has 20 heavy (non-hydrogen) atoms. The average molecular weight is 286 g/mol. The molecule has 0 spiro atoms. The van der Waals surface area contributed by atoms with E-state index >= 15 is 0 Å². The fourth-order valence-electron chi connectivity index (χ4n) is 1.65. The summed E-state index contributed by atoms with van der Waals surface area (Å²) >= 11 is 0. The minimum absolute atomic E-state index is 0.0772. The number of hydrogen-bond acceptors (Lipinski definition) is 4. The van der Waals surface area contributed by atoms with Crippen LogP contribution in [0.2, 0.25) is 0 Å². The fraction of sp³-hybridized carbons (Fsp3) is 0.333. The molecular weight excluding hydrogens is 273 g/mol. The van der Waals surface area contributed by atoms with Crippen LogP contribution in [0, 0.1) is 0 Å². The van der Waals surface area contributed by atoms with E-state index in [1.165, 1.54) is 0 Å². The first kappa shape index (κ1) is 14.5. The summed E-state index contributed by atoms with van der Waals surface area (Å²) in [7, 11) is 0. The third-order valence-electron chi connectivity index (χ3n) is 2.68. The lowest BCUT2D eigenvalue weighted by Gasteiger charge is -2.14. The quantitative estimate of drug-likeness (QED) is 0.778. The minimum Gasteiger partial charge on any atom is -0.382 e. The van der Waals surface area contributed by atoms with Gasteiger partial charge < -0.3 is 10.4 Å². The molecule has 108 valence electrons. The number of alkyl halides is 3. The largest absolute Gasteiger partial charge is 0.415 e. The Kier molecular flexibility index (Phi) is 4.35. The Morgan fingerprint density at radius 3 is 2.55 bits per heavy atom. The molecule has 1 heterocycles. The molecule has 0 saturated heterocycles. The van der Waals surface area contributed by atoms with E-state index in [0.29, 0.717) is 11.4 Å². The molecule has 0 amide bonds. The second-order valence-electron chi connectivity index (χ2n) is 4.17. The van der Waals surface area contributed by atoms with Crippen molar-refractivity contribution in [2.24, 2.45) is 0 Å². The normalized spacial score (nSPS) is 13.4. The molecule has 1 unspecified atom stereocenters. The van der Waals surface area contributed by atoms with Crippen molar-refractivity contribution in [1.82, 2.24) is 20.7 Å². The van der Waals surface area contributed by atoms with E-state index < -0.39 is 18.8 Å². The molecule has 1 aromatic carbocycles. The smallest absolute Gasteiger partial charge is 0.382 e. The lowest BCUT2D eigenvalue weighted by atomic mass is 10.1. The molecule has 1 aromatic heterocycles. The number of H-pyrrole nitrogens is 1. The van der Waals surface area contributed by atoms with E-state index in [4.69, 9.17) is 5.11 Å². The average Bonchev–Trinajstić information content (AvgIpc) is 2.87. The minimum atomic E-state index is -4.63. The number of benzene rings is 1. The maximum absolute atomic E-state index is 12.1. The van der Waals surface area contributed by atoms with E-state index in [9.17, 15) is 13.2 Å². The summed E-state index contributed by atoms with van der Waals surface area (Å²) in [5.41, 5.74) is 1.87. The molecule has 0 aliphatic rings. The van der Waals surface area contributed by atoms with Crippen LogP contribution in [0.25, 0.3) is 11.3 Å². The molecule has 0 saturated carbocycles. The first-order valence-corrected chi connectivity index (χ1v) is 5.89. The van der Waals surface area contributed by atoms with Crippen molar-refractivity contribution >= 4 is 0 Å². The van der Waals surface area contributed by atoms with Crippen molar-refractivity contribution in [2.45, 2.75) is 18.8 Å². The predicted molar refractivity (Wildman–Crippen MR) is 65.6 cm³/mol. The predicted octanol–water partition coefficient (Wildman–Crippen LogP) is 1.48. The number of hydrogen-bond donors (Lipinski definition) is 3. The lowest BCUT2D eigenvalue weighted by Crippen LogP contribution is -2.38. The number of nitrogens with one attached hydrogen (secondary N) is 2. The number of halogens is 3. The molecule has 3 N–H and O–H groups in total. The van der Waals surface area contributed by atoms with Crippen LogP contribution in [0.4, 0.5) is 13.2 Å². The van der Waals surface area contributed by atoms with Gasteiger partial charge in [0.25, 0.3) is 0 Å². The van der Waals surface area contributed by atoms with Gasteiger partial charge in [0.2, 0.25) is 0 Å². The van der Waals surface area contributed by atoms with Crippen molar-refractivity contribution in [2.75, 3.05) is 6.54 Å². The first-order valence-electron chi connectivity index (χ1n) is 5.89. The maximum Gasteiger partial charge on any atom is 0.415 e. The Morgan fingerprint density at radius 2 is 1.90 bits per heavy atom. The summed E-state index contributed by atoms with van der Waals surface area (Å²) in [6.45, 7) is -0.515. The standard InChI is InChI=1S/C12H13F3N4O/c13-12(14,15)10(20)7-16-6-9-11(18-19-17-9)8-4-2-1-3-5-8/h1-5,10,16,20H,6-7H2,(H,17,18,19). The molecule has 5 nitrogen and oxygen atoms in total. The van der Waals surface area contributed by atoms with E-state index in [0.717, 1.165) is 5.56 Å². The van der Waals surface area contributed by atoms with Gasteiger partial charge in [0.05, 0.1) is 0 Å². The van der Waals surface area contributed by atoms with Gasteiger partial charge in [-0.05, 0) is 0 Å². The molecule has 0 aliphatic carbocycles. The lowest BCUT2D eigenvalue weighted by molar-refractivity contribution is -0.201. The topological polar surface area (TPSA) is 73.8 Å².